The molecule has 2 aromatic carbocycles. The van der Waals surface area contributed by atoms with Gasteiger partial charge < -0.3 is 5.32 Å². The molecule has 0 aromatic heterocycles. The van der Waals surface area contributed by atoms with E-state index in [0.29, 0.717) is 6.54 Å². The van der Waals surface area contributed by atoms with Crippen molar-refractivity contribution < 1.29 is 4.79 Å². The zero-order chi connectivity index (χ0) is 22.2. The SMILES string of the molecule is CC1CCN(Cc2ccc(CNC(=O)c3ccc(CN4CCCCCC4)cc3)cc2)CC1. The van der Waals surface area contributed by atoms with Crippen LogP contribution in [0.15, 0.2) is 48.5 Å². The number of carbonyl (C=O) groups excluding carboxylic acids is 1. The summed E-state index contributed by atoms with van der Waals surface area (Å²) >= 11 is 0. The van der Waals surface area contributed by atoms with Gasteiger partial charge in [-0.05, 0) is 86.6 Å². The predicted octanol–water partition coefficient (Wildman–Crippen LogP) is 5.22. The van der Waals surface area contributed by atoms with Gasteiger partial charge >= 0.3 is 0 Å². The van der Waals surface area contributed by atoms with E-state index < -0.39 is 0 Å². The Morgan fingerprint density at radius 1 is 0.750 bits per heavy atom. The fourth-order valence-electron chi connectivity index (χ4n) is 4.84. The molecule has 0 spiro atoms. The van der Waals surface area contributed by atoms with E-state index in [1.54, 1.807) is 0 Å². The Hall–Kier alpha value is -2.17. The first-order valence-corrected chi connectivity index (χ1v) is 12.6. The topological polar surface area (TPSA) is 35.6 Å². The van der Waals surface area contributed by atoms with Gasteiger partial charge in [-0.2, -0.15) is 0 Å². The highest BCUT2D eigenvalue weighted by atomic mass is 16.1. The number of benzene rings is 2. The number of carbonyl (C=O) groups is 1. The van der Waals surface area contributed by atoms with Crippen LogP contribution in [0.25, 0.3) is 0 Å². The van der Waals surface area contributed by atoms with Crippen molar-refractivity contribution >= 4 is 5.91 Å². The molecule has 172 valence electrons. The van der Waals surface area contributed by atoms with Crippen LogP contribution >= 0.6 is 0 Å². The first-order chi connectivity index (χ1) is 15.7. The molecule has 2 heterocycles. The highest BCUT2D eigenvalue weighted by Gasteiger charge is 2.15. The lowest BCUT2D eigenvalue weighted by molar-refractivity contribution is 0.0951. The van der Waals surface area contributed by atoms with Gasteiger partial charge in [0.15, 0.2) is 0 Å². The lowest BCUT2D eigenvalue weighted by Gasteiger charge is -2.30. The molecule has 1 amide bonds. The Morgan fingerprint density at radius 2 is 1.25 bits per heavy atom. The van der Waals surface area contributed by atoms with Crippen LogP contribution in [0.5, 0.6) is 0 Å². The summed E-state index contributed by atoms with van der Waals surface area (Å²) in [4.78, 5) is 17.7. The van der Waals surface area contributed by atoms with Crippen LogP contribution in [0.4, 0.5) is 0 Å². The summed E-state index contributed by atoms with van der Waals surface area (Å²) in [6.07, 6.45) is 7.94. The largest absolute Gasteiger partial charge is 0.348 e. The average molecular weight is 434 g/mol. The highest BCUT2D eigenvalue weighted by Crippen LogP contribution is 2.18. The number of rotatable bonds is 7. The van der Waals surface area contributed by atoms with E-state index in [0.717, 1.165) is 30.1 Å². The van der Waals surface area contributed by atoms with Gasteiger partial charge in [0.05, 0.1) is 0 Å². The Labute approximate surface area is 194 Å². The molecule has 0 bridgehead atoms. The number of nitrogens with one attached hydrogen (secondary N) is 1. The van der Waals surface area contributed by atoms with Crippen molar-refractivity contribution in [2.45, 2.75) is 65.1 Å². The van der Waals surface area contributed by atoms with Crippen molar-refractivity contribution in [3.63, 3.8) is 0 Å². The molecule has 2 saturated heterocycles. The van der Waals surface area contributed by atoms with Gasteiger partial charge in [-0.1, -0.05) is 56.2 Å². The Bertz CT molecular complexity index is 830. The fourth-order valence-corrected chi connectivity index (χ4v) is 4.84. The molecule has 0 aliphatic carbocycles. The minimum Gasteiger partial charge on any atom is -0.348 e. The van der Waals surface area contributed by atoms with E-state index in [1.807, 2.05) is 12.1 Å². The van der Waals surface area contributed by atoms with Crippen LogP contribution in [0.1, 0.15) is 72.5 Å². The first-order valence-electron chi connectivity index (χ1n) is 12.6. The molecular formula is C28H39N3O. The predicted molar refractivity (Wildman–Crippen MR) is 131 cm³/mol. The van der Waals surface area contributed by atoms with Crippen molar-refractivity contribution in [3.8, 4) is 0 Å². The van der Waals surface area contributed by atoms with Crippen LogP contribution < -0.4 is 5.32 Å². The van der Waals surface area contributed by atoms with Crippen LogP contribution in [0.2, 0.25) is 0 Å². The zero-order valence-corrected chi connectivity index (χ0v) is 19.7. The van der Waals surface area contributed by atoms with Gasteiger partial charge in [0, 0.05) is 25.2 Å². The summed E-state index contributed by atoms with van der Waals surface area (Å²) in [5.74, 6) is 0.866. The quantitative estimate of drug-likeness (QED) is 0.650. The zero-order valence-electron chi connectivity index (χ0n) is 19.7. The smallest absolute Gasteiger partial charge is 0.251 e. The molecule has 0 saturated carbocycles. The van der Waals surface area contributed by atoms with Gasteiger partial charge in [0.25, 0.3) is 5.91 Å². The monoisotopic (exact) mass is 433 g/mol. The van der Waals surface area contributed by atoms with Crippen molar-refractivity contribution in [3.05, 3.63) is 70.8 Å². The normalized spacial score (nSPS) is 18.9. The summed E-state index contributed by atoms with van der Waals surface area (Å²) in [6, 6.07) is 16.8. The van der Waals surface area contributed by atoms with Crippen LogP contribution in [0, 0.1) is 5.92 Å². The Morgan fingerprint density at radius 3 is 1.84 bits per heavy atom. The number of nitrogens with zero attached hydrogens (tertiary/aromatic N) is 2. The number of hydrogen-bond acceptors (Lipinski definition) is 3. The second-order valence-electron chi connectivity index (χ2n) is 9.85. The second kappa shape index (κ2) is 11.6. The van der Waals surface area contributed by atoms with Crippen LogP contribution in [-0.4, -0.2) is 41.9 Å². The summed E-state index contributed by atoms with van der Waals surface area (Å²) in [5.41, 5.74) is 4.53. The molecule has 2 aromatic rings. The maximum atomic E-state index is 12.6. The molecule has 2 aliphatic rings. The maximum absolute atomic E-state index is 12.6. The van der Waals surface area contributed by atoms with E-state index in [9.17, 15) is 4.79 Å². The summed E-state index contributed by atoms with van der Waals surface area (Å²) < 4.78 is 0. The van der Waals surface area contributed by atoms with E-state index in [4.69, 9.17) is 0 Å². The summed E-state index contributed by atoms with van der Waals surface area (Å²) in [5, 5.41) is 3.07. The van der Waals surface area contributed by atoms with Crippen molar-refractivity contribution in [1.29, 1.82) is 0 Å². The molecule has 2 aliphatic heterocycles. The molecule has 2 fully saturated rings. The van der Waals surface area contributed by atoms with Gasteiger partial charge in [-0.25, -0.2) is 0 Å². The molecule has 0 radical (unpaired) electrons. The van der Waals surface area contributed by atoms with E-state index in [1.165, 1.54) is 75.8 Å². The van der Waals surface area contributed by atoms with Crippen LogP contribution in [-0.2, 0) is 19.6 Å². The van der Waals surface area contributed by atoms with E-state index in [2.05, 4.69) is 58.4 Å². The fraction of sp³-hybridized carbons (Fsp3) is 0.536. The lowest BCUT2D eigenvalue weighted by Crippen LogP contribution is -2.32. The second-order valence-corrected chi connectivity index (χ2v) is 9.85. The molecule has 4 rings (SSSR count). The molecule has 4 nitrogen and oxygen atoms in total. The molecular weight excluding hydrogens is 394 g/mol. The van der Waals surface area contributed by atoms with E-state index in [-0.39, 0.29) is 5.91 Å². The van der Waals surface area contributed by atoms with Crippen molar-refractivity contribution in [2.24, 2.45) is 5.92 Å². The number of likely N-dealkylation sites (tertiary alicyclic amines) is 2. The molecule has 0 unspecified atom stereocenters. The Kier molecular flexibility index (Phi) is 8.36. The first kappa shape index (κ1) is 23.0. The van der Waals surface area contributed by atoms with Gasteiger partial charge in [0.1, 0.15) is 0 Å². The molecule has 32 heavy (non-hydrogen) atoms. The molecule has 0 atom stereocenters. The van der Waals surface area contributed by atoms with Gasteiger partial charge in [-0.3, -0.25) is 14.6 Å². The third-order valence-corrected chi connectivity index (χ3v) is 7.08. The number of hydrogen-bond donors (Lipinski definition) is 1. The average Bonchev–Trinajstić information content (AvgIpc) is 3.09. The highest BCUT2D eigenvalue weighted by molar-refractivity contribution is 5.94. The third kappa shape index (κ3) is 6.91. The Balaban J connectivity index is 1.22. The summed E-state index contributed by atoms with van der Waals surface area (Å²) in [7, 11) is 0. The minimum atomic E-state index is -0.00200. The van der Waals surface area contributed by atoms with Crippen molar-refractivity contribution in [1.82, 2.24) is 15.1 Å². The van der Waals surface area contributed by atoms with Gasteiger partial charge in [0.2, 0.25) is 0 Å². The number of amides is 1. The molecule has 4 heteroatoms. The van der Waals surface area contributed by atoms with Gasteiger partial charge in [-0.15, -0.1) is 0 Å². The lowest BCUT2D eigenvalue weighted by atomic mass is 9.99. The number of piperidine rings is 1. The summed E-state index contributed by atoms with van der Waals surface area (Å²) in [6.45, 7) is 9.73. The van der Waals surface area contributed by atoms with Crippen LogP contribution in [0.3, 0.4) is 0 Å². The third-order valence-electron chi connectivity index (χ3n) is 7.08. The standard InChI is InChI=1S/C28H39N3O/c1-23-14-18-31(19-15-23)22-25-8-6-24(7-9-25)20-29-28(32)27-12-10-26(11-13-27)21-30-16-4-2-3-5-17-30/h6-13,23H,2-5,14-22H2,1H3,(H,29,32). The molecule has 1 N–H and O–H groups in total. The van der Waals surface area contributed by atoms with E-state index >= 15 is 0 Å². The minimum absolute atomic E-state index is 0.00200. The maximum Gasteiger partial charge on any atom is 0.251 e. The van der Waals surface area contributed by atoms with Crippen molar-refractivity contribution in [2.75, 3.05) is 26.2 Å².